The molecule has 1 aliphatic heterocycles. The fraction of sp³-hybridized carbons (Fsp3) is 0.250. The van der Waals surface area contributed by atoms with Gasteiger partial charge in [0.15, 0.2) is 0 Å². The van der Waals surface area contributed by atoms with Gasteiger partial charge in [0.25, 0.3) is 0 Å². The van der Waals surface area contributed by atoms with Crippen molar-refractivity contribution in [1.29, 1.82) is 0 Å². The molecule has 1 fully saturated rings. The Kier molecular flexibility index (Phi) is 3.38. The summed E-state index contributed by atoms with van der Waals surface area (Å²) in [7, 11) is 0. The third-order valence-corrected chi connectivity index (χ3v) is 4.07. The molecule has 3 heterocycles. The topological polar surface area (TPSA) is 84.1 Å². The van der Waals surface area contributed by atoms with Crippen molar-refractivity contribution in [3.63, 3.8) is 0 Å². The molecule has 0 amide bonds. The Hall–Kier alpha value is -2.96. The number of aromatic nitrogens is 4. The summed E-state index contributed by atoms with van der Waals surface area (Å²) in [5, 5.41) is 1.09. The Morgan fingerprint density at radius 1 is 0.913 bits per heavy atom. The standard InChI is InChI=1S/C16H17N7/c17-14-9-18-10-15(21-14)22-5-7-23(8-6-22)16-12-3-1-2-4-13(12)19-11-20-16/h1-4,9-11H,5-8H2,(H2,17,21). The molecular weight excluding hydrogens is 290 g/mol. The predicted molar refractivity (Wildman–Crippen MR) is 90.4 cm³/mol. The van der Waals surface area contributed by atoms with Crippen LogP contribution < -0.4 is 15.5 Å². The Morgan fingerprint density at radius 3 is 2.52 bits per heavy atom. The predicted octanol–water partition coefficient (Wildman–Crippen LogP) is 1.33. The van der Waals surface area contributed by atoms with Crippen molar-refractivity contribution < 1.29 is 0 Å². The van der Waals surface area contributed by atoms with Gasteiger partial charge in [-0.25, -0.2) is 15.0 Å². The summed E-state index contributed by atoms with van der Waals surface area (Å²) >= 11 is 0. The highest BCUT2D eigenvalue weighted by Gasteiger charge is 2.20. The van der Waals surface area contributed by atoms with Gasteiger partial charge in [-0.3, -0.25) is 4.98 Å². The third kappa shape index (κ3) is 2.61. The highest BCUT2D eigenvalue weighted by atomic mass is 15.3. The number of nitrogens with two attached hydrogens (primary N) is 1. The normalized spacial score (nSPS) is 15.1. The smallest absolute Gasteiger partial charge is 0.149 e. The lowest BCUT2D eigenvalue weighted by Gasteiger charge is -2.36. The van der Waals surface area contributed by atoms with E-state index in [1.807, 2.05) is 18.2 Å². The second-order valence-corrected chi connectivity index (χ2v) is 5.49. The highest BCUT2D eigenvalue weighted by molar-refractivity contribution is 5.89. The van der Waals surface area contributed by atoms with E-state index in [4.69, 9.17) is 5.73 Å². The molecule has 116 valence electrons. The van der Waals surface area contributed by atoms with Crippen molar-refractivity contribution in [1.82, 2.24) is 19.9 Å². The van der Waals surface area contributed by atoms with E-state index in [9.17, 15) is 0 Å². The monoisotopic (exact) mass is 307 g/mol. The lowest BCUT2D eigenvalue weighted by molar-refractivity contribution is 0.642. The molecule has 0 aliphatic carbocycles. The van der Waals surface area contributed by atoms with Gasteiger partial charge in [-0.2, -0.15) is 0 Å². The van der Waals surface area contributed by atoms with Crippen LogP contribution in [0.3, 0.4) is 0 Å². The zero-order chi connectivity index (χ0) is 15.6. The molecule has 0 bridgehead atoms. The van der Waals surface area contributed by atoms with Gasteiger partial charge < -0.3 is 15.5 Å². The number of nitrogen functional groups attached to an aromatic ring is 1. The lowest BCUT2D eigenvalue weighted by Crippen LogP contribution is -2.47. The lowest BCUT2D eigenvalue weighted by atomic mass is 10.2. The molecule has 0 atom stereocenters. The minimum absolute atomic E-state index is 0.451. The Balaban J connectivity index is 1.55. The molecular formula is C16H17N7. The number of hydrogen-bond acceptors (Lipinski definition) is 7. The minimum atomic E-state index is 0.451. The molecule has 0 unspecified atom stereocenters. The molecule has 0 spiro atoms. The van der Waals surface area contributed by atoms with Crippen LogP contribution in [-0.4, -0.2) is 46.1 Å². The molecule has 2 aromatic heterocycles. The largest absolute Gasteiger partial charge is 0.382 e. The van der Waals surface area contributed by atoms with Crippen molar-refractivity contribution in [3.8, 4) is 0 Å². The Morgan fingerprint density at radius 2 is 1.70 bits per heavy atom. The van der Waals surface area contributed by atoms with Gasteiger partial charge in [-0.05, 0) is 12.1 Å². The van der Waals surface area contributed by atoms with Crippen molar-refractivity contribution in [3.05, 3.63) is 43.0 Å². The quantitative estimate of drug-likeness (QED) is 0.764. The van der Waals surface area contributed by atoms with Gasteiger partial charge in [0, 0.05) is 31.6 Å². The maximum atomic E-state index is 5.72. The van der Waals surface area contributed by atoms with E-state index in [-0.39, 0.29) is 0 Å². The van der Waals surface area contributed by atoms with Gasteiger partial charge in [0.2, 0.25) is 0 Å². The molecule has 0 radical (unpaired) electrons. The summed E-state index contributed by atoms with van der Waals surface area (Å²) in [5.74, 6) is 2.28. The summed E-state index contributed by atoms with van der Waals surface area (Å²) in [4.78, 5) is 21.8. The maximum Gasteiger partial charge on any atom is 0.149 e. The SMILES string of the molecule is Nc1cncc(N2CCN(c3ncnc4ccccc34)CC2)n1. The van der Waals surface area contributed by atoms with E-state index in [0.717, 1.165) is 48.7 Å². The summed E-state index contributed by atoms with van der Waals surface area (Å²) < 4.78 is 0. The molecule has 7 heteroatoms. The highest BCUT2D eigenvalue weighted by Crippen LogP contribution is 2.24. The summed E-state index contributed by atoms with van der Waals surface area (Å²) in [5.41, 5.74) is 6.69. The number of benzene rings is 1. The van der Waals surface area contributed by atoms with E-state index in [0.29, 0.717) is 5.82 Å². The zero-order valence-corrected chi connectivity index (χ0v) is 12.6. The van der Waals surface area contributed by atoms with Crippen LogP contribution in [0.4, 0.5) is 17.5 Å². The van der Waals surface area contributed by atoms with Gasteiger partial charge >= 0.3 is 0 Å². The average Bonchev–Trinajstić information content (AvgIpc) is 2.61. The van der Waals surface area contributed by atoms with E-state index < -0.39 is 0 Å². The van der Waals surface area contributed by atoms with Crippen LogP contribution >= 0.6 is 0 Å². The summed E-state index contributed by atoms with van der Waals surface area (Å²) in [6.07, 6.45) is 4.95. The Labute approximate surface area is 133 Å². The van der Waals surface area contributed by atoms with Gasteiger partial charge in [-0.15, -0.1) is 0 Å². The fourth-order valence-electron chi connectivity index (χ4n) is 2.91. The Bertz CT molecular complexity index is 822. The number of para-hydroxylation sites is 1. The minimum Gasteiger partial charge on any atom is -0.382 e. The van der Waals surface area contributed by atoms with Crippen LogP contribution in [0.5, 0.6) is 0 Å². The van der Waals surface area contributed by atoms with Crippen molar-refractivity contribution in [2.75, 3.05) is 41.7 Å². The number of nitrogens with zero attached hydrogens (tertiary/aromatic N) is 6. The zero-order valence-electron chi connectivity index (χ0n) is 12.6. The summed E-state index contributed by atoms with van der Waals surface area (Å²) in [6.45, 7) is 3.46. The van der Waals surface area contributed by atoms with Crippen molar-refractivity contribution in [2.24, 2.45) is 0 Å². The molecule has 4 rings (SSSR count). The molecule has 0 saturated carbocycles. The number of hydrogen-bond donors (Lipinski definition) is 1. The van der Waals surface area contributed by atoms with Crippen LogP contribution in [0, 0.1) is 0 Å². The molecule has 7 nitrogen and oxygen atoms in total. The number of rotatable bonds is 2. The second-order valence-electron chi connectivity index (χ2n) is 5.49. The molecule has 1 aromatic carbocycles. The van der Waals surface area contributed by atoms with E-state index in [1.165, 1.54) is 0 Å². The van der Waals surface area contributed by atoms with Crippen molar-refractivity contribution in [2.45, 2.75) is 0 Å². The average molecular weight is 307 g/mol. The first-order valence-corrected chi connectivity index (χ1v) is 7.58. The van der Waals surface area contributed by atoms with Gasteiger partial charge in [-0.1, -0.05) is 12.1 Å². The maximum absolute atomic E-state index is 5.72. The van der Waals surface area contributed by atoms with Gasteiger partial charge in [0.1, 0.15) is 23.8 Å². The van der Waals surface area contributed by atoms with E-state index in [1.54, 1.807) is 18.7 Å². The van der Waals surface area contributed by atoms with E-state index in [2.05, 4.69) is 35.8 Å². The molecule has 1 aliphatic rings. The van der Waals surface area contributed by atoms with Crippen LogP contribution in [-0.2, 0) is 0 Å². The molecule has 1 saturated heterocycles. The first-order valence-electron chi connectivity index (χ1n) is 7.58. The molecule has 23 heavy (non-hydrogen) atoms. The second kappa shape index (κ2) is 5.68. The van der Waals surface area contributed by atoms with Crippen molar-refractivity contribution >= 4 is 28.4 Å². The number of fused-ring (bicyclic) bond motifs is 1. The van der Waals surface area contributed by atoms with Crippen LogP contribution in [0.25, 0.3) is 10.9 Å². The van der Waals surface area contributed by atoms with Crippen LogP contribution in [0.15, 0.2) is 43.0 Å². The van der Waals surface area contributed by atoms with E-state index >= 15 is 0 Å². The third-order valence-electron chi connectivity index (χ3n) is 4.07. The number of anilines is 3. The van der Waals surface area contributed by atoms with Crippen LogP contribution in [0.2, 0.25) is 0 Å². The first kappa shape index (κ1) is 13.7. The number of piperazine rings is 1. The van der Waals surface area contributed by atoms with Crippen LogP contribution in [0.1, 0.15) is 0 Å². The summed E-state index contributed by atoms with van der Waals surface area (Å²) in [6, 6.07) is 8.10. The first-order chi connectivity index (χ1) is 11.3. The van der Waals surface area contributed by atoms with Gasteiger partial charge in [0.05, 0.1) is 17.9 Å². The molecule has 2 N–H and O–H groups in total. The molecule has 3 aromatic rings. The fourth-order valence-corrected chi connectivity index (χ4v) is 2.91.